The molecule has 2 aromatic carbocycles. The summed E-state index contributed by atoms with van der Waals surface area (Å²) in [7, 11) is 4.84. The summed E-state index contributed by atoms with van der Waals surface area (Å²) >= 11 is 0. The molecule has 2 aromatic heterocycles. The lowest BCUT2D eigenvalue weighted by atomic mass is 10.1. The van der Waals surface area contributed by atoms with Crippen molar-refractivity contribution in [3.63, 3.8) is 0 Å². The van der Waals surface area contributed by atoms with Crippen LogP contribution in [0.4, 0.5) is 11.5 Å². The molecule has 0 fully saturated rings. The van der Waals surface area contributed by atoms with E-state index in [1.807, 2.05) is 37.3 Å². The van der Waals surface area contributed by atoms with Gasteiger partial charge in [-0.25, -0.2) is 4.98 Å². The van der Waals surface area contributed by atoms with Crippen LogP contribution in [0, 0.1) is 0 Å². The fraction of sp³-hybridized carbons (Fsp3) is 0.222. The van der Waals surface area contributed by atoms with Crippen molar-refractivity contribution in [3.8, 4) is 11.5 Å². The van der Waals surface area contributed by atoms with Gasteiger partial charge in [-0.2, -0.15) is 0 Å². The molecule has 0 spiro atoms. The van der Waals surface area contributed by atoms with Gasteiger partial charge in [0.25, 0.3) is 5.91 Å². The predicted octanol–water partition coefficient (Wildman–Crippen LogP) is 4.37. The Bertz CT molecular complexity index is 1360. The van der Waals surface area contributed by atoms with Crippen molar-refractivity contribution in [1.82, 2.24) is 9.38 Å². The van der Waals surface area contributed by atoms with Gasteiger partial charge >= 0.3 is 0 Å². The predicted molar refractivity (Wildman–Crippen MR) is 136 cm³/mol. The molecule has 0 aliphatic rings. The van der Waals surface area contributed by atoms with Gasteiger partial charge in [0.1, 0.15) is 11.5 Å². The van der Waals surface area contributed by atoms with Gasteiger partial charge in [0.05, 0.1) is 31.9 Å². The van der Waals surface area contributed by atoms with E-state index >= 15 is 0 Å². The first-order chi connectivity index (χ1) is 16.9. The Hall–Kier alpha value is -4.33. The smallest absolute Gasteiger partial charge is 0.257 e. The summed E-state index contributed by atoms with van der Waals surface area (Å²) in [4.78, 5) is 32.4. The van der Waals surface area contributed by atoms with Crippen LogP contribution in [0.15, 0.2) is 66.9 Å². The average molecular weight is 473 g/mol. The third-order valence-electron chi connectivity index (χ3n) is 5.79. The molecule has 0 aliphatic heterocycles. The van der Waals surface area contributed by atoms with Crippen molar-refractivity contribution in [2.75, 3.05) is 31.5 Å². The average Bonchev–Trinajstić information content (AvgIpc) is 3.26. The maximum Gasteiger partial charge on any atom is 0.257 e. The van der Waals surface area contributed by atoms with Crippen molar-refractivity contribution in [3.05, 3.63) is 83.7 Å². The van der Waals surface area contributed by atoms with Gasteiger partial charge in [-0.15, -0.1) is 0 Å². The normalized spacial score (nSPS) is 10.7. The molecule has 0 radical (unpaired) electrons. The van der Waals surface area contributed by atoms with Crippen LogP contribution < -0.4 is 19.7 Å². The Morgan fingerprint density at radius 3 is 2.43 bits per heavy atom. The quantitative estimate of drug-likeness (QED) is 0.412. The summed E-state index contributed by atoms with van der Waals surface area (Å²) in [6.07, 6.45) is 2.62. The number of aromatic nitrogens is 2. The number of fused-ring (bicyclic) bond motifs is 1. The van der Waals surface area contributed by atoms with Gasteiger partial charge in [0.2, 0.25) is 5.91 Å². The van der Waals surface area contributed by atoms with E-state index in [1.165, 1.54) is 0 Å². The van der Waals surface area contributed by atoms with Crippen LogP contribution >= 0.6 is 0 Å². The van der Waals surface area contributed by atoms with Crippen LogP contribution in [0.5, 0.6) is 11.5 Å². The summed E-state index contributed by atoms with van der Waals surface area (Å²) in [5.74, 6) is 1.39. The van der Waals surface area contributed by atoms with E-state index < -0.39 is 0 Å². The fourth-order valence-electron chi connectivity index (χ4n) is 3.93. The molecule has 1 N–H and O–H groups in total. The highest BCUT2D eigenvalue weighted by atomic mass is 16.5. The van der Waals surface area contributed by atoms with E-state index in [0.717, 1.165) is 11.3 Å². The Balaban J connectivity index is 1.63. The SMILES string of the molecule is CCc1nc2ccc(C(=O)Nc3ccc(OC)c(OC)c3)cn2c1N(C)C(=O)Cc1ccccc1. The van der Waals surface area contributed by atoms with Gasteiger partial charge in [-0.3, -0.25) is 18.9 Å². The first-order valence-corrected chi connectivity index (χ1v) is 11.3. The van der Waals surface area contributed by atoms with Crippen LogP contribution in [0.3, 0.4) is 0 Å². The number of hydrogen-bond donors (Lipinski definition) is 1. The number of rotatable bonds is 8. The van der Waals surface area contributed by atoms with E-state index in [0.29, 0.717) is 40.6 Å². The first kappa shape index (κ1) is 23.8. The second-order valence-corrected chi connectivity index (χ2v) is 8.02. The number of amides is 2. The molecule has 4 aromatic rings. The van der Waals surface area contributed by atoms with Crippen molar-refractivity contribution in [2.24, 2.45) is 0 Å². The minimum Gasteiger partial charge on any atom is -0.493 e. The van der Waals surface area contributed by atoms with Crippen LogP contribution in [0.25, 0.3) is 5.65 Å². The molecule has 35 heavy (non-hydrogen) atoms. The molecule has 4 rings (SSSR count). The third kappa shape index (κ3) is 4.96. The number of nitrogens with one attached hydrogen (secondary N) is 1. The summed E-state index contributed by atoms with van der Waals surface area (Å²) in [6.45, 7) is 1.99. The molecule has 0 saturated heterocycles. The fourth-order valence-corrected chi connectivity index (χ4v) is 3.93. The second kappa shape index (κ2) is 10.3. The molecule has 8 nitrogen and oxygen atoms in total. The number of carbonyl (C=O) groups excluding carboxylic acids is 2. The van der Waals surface area contributed by atoms with E-state index in [2.05, 4.69) is 10.3 Å². The number of anilines is 2. The summed E-state index contributed by atoms with van der Waals surface area (Å²) in [5, 5.41) is 2.89. The maximum atomic E-state index is 13.1. The van der Waals surface area contributed by atoms with Crippen molar-refractivity contribution in [2.45, 2.75) is 19.8 Å². The van der Waals surface area contributed by atoms with Crippen LogP contribution in [-0.4, -0.2) is 42.5 Å². The minimum atomic E-state index is -0.296. The summed E-state index contributed by atoms with van der Waals surface area (Å²) in [6, 6.07) is 18.3. The number of hydrogen-bond acceptors (Lipinski definition) is 5. The molecule has 0 aliphatic carbocycles. The van der Waals surface area contributed by atoms with Gasteiger partial charge in [0.15, 0.2) is 11.5 Å². The molecule has 8 heteroatoms. The number of ether oxygens (including phenoxy) is 2. The number of carbonyl (C=O) groups is 2. The zero-order valence-corrected chi connectivity index (χ0v) is 20.2. The maximum absolute atomic E-state index is 13.1. The molecule has 0 saturated carbocycles. The zero-order chi connectivity index (χ0) is 24.9. The molecule has 2 amide bonds. The van der Waals surface area contributed by atoms with Gasteiger partial charge in [0, 0.05) is 25.0 Å². The van der Waals surface area contributed by atoms with Gasteiger partial charge in [-0.1, -0.05) is 37.3 Å². The van der Waals surface area contributed by atoms with Gasteiger partial charge < -0.3 is 14.8 Å². The molecule has 0 unspecified atom stereocenters. The molecule has 0 atom stereocenters. The van der Waals surface area contributed by atoms with Crippen molar-refractivity contribution >= 4 is 29.0 Å². The minimum absolute atomic E-state index is 0.0621. The standard InChI is InChI=1S/C27H28N4O4/c1-5-21-27(30(2)25(32)15-18-9-7-6-8-10-18)31-17-19(11-14-24(31)29-21)26(33)28-20-12-13-22(34-3)23(16-20)35-4/h6-14,16-17H,5,15H2,1-4H3,(H,28,33). The summed E-state index contributed by atoms with van der Waals surface area (Å²) in [5.41, 5.74) is 3.39. The molecule has 0 bridgehead atoms. The number of pyridine rings is 1. The van der Waals surface area contributed by atoms with Crippen molar-refractivity contribution < 1.29 is 19.1 Å². The third-order valence-corrected chi connectivity index (χ3v) is 5.79. The number of imidazole rings is 1. The largest absolute Gasteiger partial charge is 0.493 e. The molecule has 180 valence electrons. The molecular formula is C27H28N4O4. The highest BCUT2D eigenvalue weighted by Crippen LogP contribution is 2.30. The lowest BCUT2D eigenvalue weighted by molar-refractivity contribution is -0.117. The summed E-state index contributed by atoms with van der Waals surface area (Å²) < 4.78 is 12.4. The van der Waals surface area contributed by atoms with Gasteiger partial charge in [-0.05, 0) is 36.2 Å². The van der Waals surface area contributed by atoms with E-state index in [9.17, 15) is 9.59 Å². The first-order valence-electron chi connectivity index (χ1n) is 11.3. The Morgan fingerprint density at radius 1 is 1.00 bits per heavy atom. The number of benzene rings is 2. The lowest BCUT2D eigenvalue weighted by Gasteiger charge is -2.19. The van der Waals surface area contributed by atoms with E-state index in [1.54, 1.807) is 67.1 Å². The zero-order valence-electron chi connectivity index (χ0n) is 20.2. The molecule has 2 heterocycles. The second-order valence-electron chi connectivity index (χ2n) is 8.02. The van der Waals surface area contributed by atoms with E-state index in [-0.39, 0.29) is 18.2 Å². The monoisotopic (exact) mass is 472 g/mol. The number of methoxy groups -OCH3 is 2. The molecular weight excluding hydrogens is 444 g/mol. The number of nitrogens with zero attached hydrogens (tertiary/aromatic N) is 3. The Morgan fingerprint density at radius 2 is 1.74 bits per heavy atom. The lowest BCUT2D eigenvalue weighted by Crippen LogP contribution is -2.30. The highest BCUT2D eigenvalue weighted by molar-refractivity contribution is 6.04. The Kier molecular flexibility index (Phi) is 7.01. The van der Waals surface area contributed by atoms with E-state index in [4.69, 9.17) is 9.47 Å². The van der Waals surface area contributed by atoms with Crippen LogP contribution in [0.2, 0.25) is 0 Å². The van der Waals surface area contributed by atoms with Crippen LogP contribution in [0.1, 0.15) is 28.5 Å². The van der Waals surface area contributed by atoms with Crippen molar-refractivity contribution in [1.29, 1.82) is 0 Å². The highest BCUT2D eigenvalue weighted by Gasteiger charge is 2.21. The Labute approximate surface area is 204 Å². The van der Waals surface area contributed by atoms with Crippen LogP contribution in [-0.2, 0) is 17.6 Å². The number of likely N-dealkylation sites (N-methyl/N-ethyl adjacent to an activating group) is 1. The topological polar surface area (TPSA) is 85.2 Å². The number of aryl methyl sites for hydroxylation is 1.